The quantitative estimate of drug-likeness (QED) is 0.892. The Morgan fingerprint density at radius 3 is 2.69 bits per heavy atom. The second-order valence-electron chi connectivity index (χ2n) is 3.73. The van der Waals surface area contributed by atoms with Crippen molar-refractivity contribution in [3.05, 3.63) is 22.2 Å². The van der Waals surface area contributed by atoms with Gasteiger partial charge in [-0.2, -0.15) is 0 Å². The van der Waals surface area contributed by atoms with Crippen molar-refractivity contribution in [3.8, 4) is 11.5 Å². The van der Waals surface area contributed by atoms with E-state index in [-0.39, 0.29) is 6.79 Å². The van der Waals surface area contributed by atoms with Crippen LogP contribution in [0.5, 0.6) is 11.5 Å². The van der Waals surface area contributed by atoms with Crippen molar-refractivity contribution in [1.29, 1.82) is 0 Å². The number of halogens is 1. The van der Waals surface area contributed by atoms with E-state index in [1.165, 1.54) is 0 Å². The summed E-state index contributed by atoms with van der Waals surface area (Å²) in [5.74, 6) is 1.38. The van der Waals surface area contributed by atoms with Crippen LogP contribution in [0.15, 0.2) is 16.6 Å². The molecule has 2 atom stereocenters. The highest BCUT2D eigenvalue weighted by molar-refractivity contribution is 9.10. The zero-order valence-electron chi connectivity index (χ0n) is 8.94. The number of fused-ring (bicyclic) bond motifs is 1. The minimum absolute atomic E-state index is 0.233. The van der Waals surface area contributed by atoms with Crippen LogP contribution < -0.4 is 15.2 Å². The van der Waals surface area contributed by atoms with Crippen molar-refractivity contribution in [2.24, 2.45) is 5.73 Å². The van der Waals surface area contributed by atoms with Crippen LogP contribution in [0, 0.1) is 0 Å². The highest BCUT2D eigenvalue weighted by atomic mass is 79.9. The Bertz CT molecular complexity index is 397. The molecule has 1 aliphatic rings. The number of nitrogens with two attached hydrogens (primary N) is 1. The Balaban J connectivity index is 2.34. The fraction of sp³-hybridized carbons (Fsp3) is 0.455. The first-order chi connectivity index (χ1) is 7.63. The molecule has 5 heteroatoms. The fourth-order valence-corrected chi connectivity index (χ4v) is 2.24. The summed E-state index contributed by atoms with van der Waals surface area (Å²) in [4.78, 5) is 0. The number of ether oxygens (including phenoxy) is 2. The number of rotatable bonds is 3. The Morgan fingerprint density at radius 2 is 2.06 bits per heavy atom. The molecule has 0 saturated heterocycles. The van der Waals surface area contributed by atoms with Crippen molar-refractivity contribution in [2.75, 3.05) is 6.79 Å². The molecule has 0 radical (unpaired) electrons. The van der Waals surface area contributed by atoms with Gasteiger partial charge in [-0.15, -0.1) is 0 Å². The summed E-state index contributed by atoms with van der Waals surface area (Å²) in [5.41, 5.74) is 6.80. The highest BCUT2D eigenvalue weighted by Crippen LogP contribution is 2.39. The lowest BCUT2D eigenvalue weighted by molar-refractivity contribution is 0.140. The third-order valence-electron chi connectivity index (χ3n) is 2.68. The van der Waals surface area contributed by atoms with E-state index in [9.17, 15) is 5.11 Å². The molecule has 0 unspecified atom stereocenters. The average molecular weight is 288 g/mol. The molecule has 1 aliphatic heterocycles. The van der Waals surface area contributed by atoms with E-state index in [0.717, 1.165) is 10.0 Å². The fourth-order valence-electron chi connectivity index (χ4n) is 1.65. The lowest BCUT2D eigenvalue weighted by Gasteiger charge is -2.19. The molecule has 0 saturated carbocycles. The van der Waals surface area contributed by atoms with Gasteiger partial charge in [-0.3, -0.25) is 0 Å². The predicted molar refractivity (Wildman–Crippen MR) is 63.5 cm³/mol. The number of benzene rings is 1. The number of hydrogen-bond acceptors (Lipinski definition) is 4. The monoisotopic (exact) mass is 287 g/mol. The van der Waals surface area contributed by atoms with Crippen molar-refractivity contribution in [3.63, 3.8) is 0 Å². The van der Waals surface area contributed by atoms with Gasteiger partial charge in [-0.25, -0.2) is 0 Å². The third-order valence-corrected chi connectivity index (χ3v) is 3.37. The van der Waals surface area contributed by atoms with E-state index in [1.807, 2.05) is 19.1 Å². The molecule has 1 heterocycles. The molecular formula is C11H14BrNO3. The summed E-state index contributed by atoms with van der Waals surface area (Å²) < 4.78 is 11.4. The molecule has 88 valence electrons. The van der Waals surface area contributed by atoms with Gasteiger partial charge >= 0.3 is 0 Å². The molecule has 0 bridgehead atoms. The predicted octanol–water partition coefficient (Wildman–Crippen LogP) is 1.95. The first kappa shape index (κ1) is 11.7. The van der Waals surface area contributed by atoms with Crippen LogP contribution >= 0.6 is 15.9 Å². The van der Waals surface area contributed by atoms with Crippen LogP contribution in [0.2, 0.25) is 0 Å². The molecule has 0 amide bonds. The van der Waals surface area contributed by atoms with Crippen LogP contribution in [0.3, 0.4) is 0 Å². The largest absolute Gasteiger partial charge is 0.454 e. The third kappa shape index (κ3) is 2.03. The normalized spacial score (nSPS) is 17.2. The van der Waals surface area contributed by atoms with Gasteiger partial charge in [0.15, 0.2) is 11.5 Å². The molecule has 0 fully saturated rings. The Kier molecular flexibility index (Phi) is 3.37. The smallest absolute Gasteiger partial charge is 0.231 e. The maximum Gasteiger partial charge on any atom is 0.231 e. The van der Waals surface area contributed by atoms with Gasteiger partial charge in [-0.1, -0.05) is 22.9 Å². The number of aliphatic hydroxyl groups excluding tert-OH is 1. The average Bonchev–Trinajstić information content (AvgIpc) is 2.72. The van der Waals surface area contributed by atoms with Crippen LogP contribution in [0.1, 0.15) is 24.9 Å². The molecule has 0 aromatic heterocycles. The molecular weight excluding hydrogens is 274 g/mol. The SMILES string of the molecule is CC[C@@H](O)[C@@H](N)c1cc2c(cc1Br)OCO2. The second kappa shape index (κ2) is 4.61. The van der Waals surface area contributed by atoms with E-state index in [2.05, 4.69) is 15.9 Å². The zero-order valence-corrected chi connectivity index (χ0v) is 10.5. The second-order valence-corrected chi connectivity index (χ2v) is 4.58. The summed E-state index contributed by atoms with van der Waals surface area (Å²) in [5, 5.41) is 9.73. The van der Waals surface area contributed by atoms with Crippen molar-refractivity contribution < 1.29 is 14.6 Å². The standard InChI is InChI=1S/C11H14BrNO3/c1-2-8(14)11(13)6-3-9-10(4-7(6)12)16-5-15-9/h3-4,8,11,14H,2,5,13H2,1H3/t8-,11+/m1/s1. The van der Waals surface area contributed by atoms with E-state index < -0.39 is 12.1 Å². The molecule has 0 aliphatic carbocycles. The minimum Gasteiger partial charge on any atom is -0.454 e. The Morgan fingerprint density at radius 1 is 1.44 bits per heavy atom. The van der Waals surface area contributed by atoms with Crippen molar-refractivity contribution in [2.45, 2.75) is 25.5 Å². The highest BCUT2D eigenvalue weighted by Gasteiger charge is 2.22. The van der Waals surface area contributed by atoms with E-state index >= 15 is 0 Å². The lowest BCUT2D eigenvalue weighted by atomic mass is 10.0. The van der Waals surface area contributed by atoms with E-state index in [0.29, 0.717) is 17.9 Å². The first-order valence-electron chi connectivity index (χ1n) is 5.16. The van der Waals surface area contributed by atoms with Gasteiger partial charge in [0.25, 0.3) is 0 Å². The summed E-state index contributed by atoms with van der Waals surface area (Å²) in [7, 11) is 0. The van der Waals surface area contributed by atoms with Gasteiger partial charge in [0.1, 0.15) is 0 Å². The molecule has 0 spiro atoms. The van der Waals surface area contributed by atoms with Gasteiger partial charge in [0, 0.05) is 4.47 Å². The van der Waals surface area contributed by atoms with Gasteiger partial charge in [-0.05, 0) is 24.1 Å². The molecule has 16 heavy (non-hydrogen) atoms. The van der Waals surface area contributed by atoms with Crippen LogP contribution in [-0.4, -0.2) is 18.0 Å². The number of hydrogen-bond donors (Lipinski definition) is 2. The lowest BCUT2D eigenvalue weighted by Crippen LogP contribution is -2.25. The summed E-state index contributed by atoms with van der Waals surface area (Å²) >= 11 is 3.42. The maximum absolute atomic E-state index is 9.73. The maximum atomic E-state index is 9.73. The zero-order chi connectivity index (χ0) is 11.7. The van der Waals surface area contributed by atoms with Gasteiger partial charge in [0.2, 0.25) is 6.79 Å². The van der Waals surface area contributed by atoms with E-state index in [4.69, 9.17) is 15.2 Å². The summed E-state index contributed by atoms with van der Waals surface area (Å²) in [6.45, 7) is 2.13. The molecule has 3 N–H and O–H groups in total. The van der Waals surface area contributed by atoms with Crippen LogP contribution in [-0.2, 0) is 0 Å². The summed E-state index contributed by atoms with van der Waals surface area (Å²) in [6.07, 6.45) is 0.0545. The summed E-state index contributed by atoms with van der Waals surface area (Å²) in [6, 6.07) is 3.21. The minimum atomic E-state index is -0.559. The van der Waals surface area contributed by atoms with Crippen molar-refractivity contribution >= 4 is 15.9 Å². The first-order valence-corrected chi connectivity index (χ1v) is 5.95. The molecule has 2 rings (SSSR count). The molecule has 4 nitrogen and oxygen atoms in total. The molecule has 1 aromatic carbocycles. The Hall–Kier alpha value is -0.780. The van der Waals surface area contributed by atoms with Gasteiger partial charge < -0.3 is 20.3 Å². The topological polar surface area (TPSA) is 64.7 Å². The Labute approximate surface area is 102 Å². The van der Waals surface area contributed by atoms with Crippen LogP contribution in [0.25, 0.3) is 0 Å². The van der Waals surface area contributed by atoms with E-state index in [1.54, 1.807) is 0 Å². The molecule has 1 aromatic rings. The number of aliphatic hydroxyl groups is 1. The van der Waals surface area contributed by atoms with Crippen molar-refractivity contribution in [1.82, 2.24) is 0 Å². The van der Waals surface area contributed by atoms with Gasteiger partial charge in [0.05, 0.1) is 12.1 Å². The van der Waals surface area contributed by atoms with Crippen LogP contribution in [0.4, 0.5) is 0 Å².